The Morgan fingerprint density at radius 2 is 1.03 bits per heavy atom. The Kier molecular flexibility index (Phi) is 13.0. The number of hydrogen-bond donors (Lipinski definition) is 1. The van der Waals surface area contributed by atoms with Crippen molar-refractivity contribution >= 4 is 34.4 Å². The highest BCUT2D eigenvalue weighted by Crippen LogP contribution is 2.40. The van der Waals surface area contributed by atoms with Gasteiger partial charge in [-0.05, 0) is 134 Å². The summed E-state index contributed by atoms with van der Waals surface area (Å²) >= 11 is 0. The van der Waals surface area contributed by atoms with Crippen LogP contribution in [0.2, 0.25) is 0 Å². The molecule has 6 heteroatoms. The number of fused-ring (bicyclic) bond motifs is 3. The summed E-state index contributed by atoms with van der Waals surface area (Å²) in [5.74, 6) is 3.05. The van der Waals surface area contributed by atoms with Gasteiger partial charge in [0.1, 0.15) is 11.5 Å². The minimum Gasteiger partial charge on any atom is -0.493 e. The summed E-state index contributed by atoms with van der Waals surface area (Å²) in [5.41, 5.74) is 9.42. The fourth-order valence-electron chi connectivity index (χ4n) is 8.08. The fourth-order valence-corrected chi connectivity index (χ4v) is 8.08. The Morgan fingerprint density at radius 3 is 1.55 bits per heavy atom. The van der Waals surface area contributed by atoms with Crippen LogP contribution in [0, 0.1) is 11.8 Å². The van der Waals surface area contributed by atoms with Crippen LogP contribution in [-0.2, 0) is 9.31 Å². The van der Waals surface area contributed by atoms with Crippen molar-refractivity contribution in [1.29, 1.82) is 0 Å². The van der Waals surface area contributed by atoms with E-state index in [0.29, 0.717) is 11.8 Å². The van der Waals surface area contributed by atoms with Gasteiger partial charge in [0.05, 0.1) is 29.9 Å². The van der Waals surface area contributed by atoms with Gasteiger partial charge in [-0.15, -0.1) is 0 Å². The third-order valence-corrected chi connectivity index (χ3v) is 12.9. The summed E-state index contributed by atoms with van der Waals surface area (Å²) in [6.07, 6.45) is 9.70. The molecule has 2 atom stereocenters. The number of aromatic nitrogens is 1. The molecule has 1 N–H and O–H groups in total. The van der Waals surface area contributed by atoms with E-state index in [1.54, 1.807) is 0 Å². The lowest BCUT2D eigenvalue weighted by Gasteiger charge is -2.32. The molecule has 0 bridgehead atoms. The number of nitrogens with one attached hydrogen (secondary N) is 1. The van der Waals surface area contributed by atoms with E-state index >= 15 is 0 Å². The van der Waals surface area contributed by atoms with Crippen molar-refractivity contribution in [3.8, 4) is 44.9 Å². The first kappa shape index (κ1) is 41.6. The van der Waals surface area contributed by atoms with Gasteiger partial charge in [0.15, 0.2) is 0 Å². The van der Waals surface area contributed by atoms with Gasteiger partial charge in [0, 0.05) is 21.9 Å². The van der Waals surface area contributed by atoms with Crippen molar-refractivity contribution in [2.24, 2.45) is 11.8 Å². The number of benzene rings is 5. The van der Waals surface area contributed by atoms with Crippen molar-refractivity contribution < 1.29 is 18.8 Å². The fraction of sp³-hybridized carbons (Fsp3) is 0.423. The molecule has 1 aliphatic rings. The second-order valence-corrected chi connectivity index (χ2v) is 17.5. The smallest absolute Gasteiger partial charge is 0.493 e. The van der Waals surface area contributed by atoms with Gasteiger partial charge >= 0.3 is 7.12 Å². The highest BCUT2D eigenvalue weighted by molar-refractivity contribution is 6.62. The maximum atomic E-state index is 6.39. The Labute approximate surface area is 348 Å². The molecule has 5 nitrogen and oxygen atoms in total. The van der Waals surface area contributed by atoms with Crippen LogP contribution in [-0.4, -0.2) is 36.5 Å². The maximum absolute atomic E-state index is 6.39. The van der Waals surface area contributed by atoms with E-state index in [2.05, 4.69) is 164 Å². The highest BCUT2D eigenvalue weighted by atomic mass is 16.7. The summed E-state index contributed by atoms with van der Waals surface area (Å²) in [5, 5.41) is 2.39. The lowest BCUT2D eigenvalue weighted by Crippen LogP contribution is -2.41. The summed E-state index contributed by atoms with van der Waals surface area (Å²) < 4.78 is 25.3. The van der Waals surface area contributed by atoms with Crippen LogP contribution in [0.1, 0.15) is 107 Å². The average Bonchev–Trinajstić information content (AvgIpc) is 3.72. The molecule has 1 aromatic heterocycles. The van der Waals surface area contributed by atoms with Crippen LogP contribution in [0.25, 0.3) is 55.2 Å². The summed E-state index contributed by atoms with van der Waals surface area (Å²) in [6.45, 7) is 19.0. The van der Waals surface area contributed by atoms with Crippen molar-refractivity contribution in [1.82, 2.24) is 4.98 Å². The number of aromatic amines is 1. The molecular weight excluding hydrogens is 713 g/mol. The second-order valence-electron chi connectivity index (χ2n) is 17.5. The molecule has 0 aliphatic carbocycles. The molecule has 0 spiro atoms. The zero-order valence-electron chi connectivity index (χ0n) is 36.3. The summed E-state index contributed by atoms with van der Waals surface area (Å²) in [6, 6.07) is 37.4. The Hall–Kier alpha value is -4.52. The monoisotopic (exact) mass is 777 g/mol. The first-order chi connectivity index (χ1) is 28.0. The Bertz CT molecular complexity index is 2240. The zero-order chi connectivity index (χ0) is 40.9. The lowest BCUT2D eigenvalue weighted by atomic mass is 9.78. The normalized spacial score (nSPS) is 15.9. The van der Waals surface area contributed by atoms with Crippen molar-refractivity contribution in [3.63, 3.8) is 0 Å². The Balaban J connectivity index is 1.22. The van der Waals surface area contributed by atoms with E-state index < -0.39 is 18.3 Å². The molecular formula is C52H64BNO4. The van der Waals surface area contributed by atoms with Crippen LogP contribution >= 0.6 is 0 Å². The van der Waals surface area contributed by atoms with Crippen LogP contribution in [0.3, 0.4) is 0 Å². The van der Waals surface area contributed by atoms with Crippen molar-refractivity contribution in [2.75, 3.05) is 13.2 Å². The maximum Gasteiger partial charge on any atom is 0.494 e. The summed E-state index contributed by atoms with van der Waals surface area (Å²) in [4.78, 5) is 3.82. The molecule has 7 rings (SSSR count). The molecule has 1 fully saturated rings. The minimum atomic E-state index is -0.406. The van der Waals surface area contributed by atoms with E-state index in [4.69, 9.17) is 18.8 Å². The van der Waals surface area contributed by atoms with Crippen molar-refractivity contribution in [3.05, 3.63) is 103 Å². The third kappa shape index (κ3) is 9.19. The Morgan fingerprint density at radius 1 is 0.552 bits per heavy atom. The van der Waals surface area contributed by atoms with Gasteiger partial charge < -0.3 is 23.8 Å². The van der Waals surface area contributed by atoms with E-state index in [0.717, 1.165) is 76.3 Å². The predicted molar refractivity (Wildman–Crippen MR) is 245 cm³/mol. The molecule has 2 unspecified atom stereocenters. The molecule has 0 saturated carbocycles. The van der Waals surface area contributed by atoms with Gasteiger partial charge in [-0.2, -0.15) is 0 Å². The standard InChI is InChI=1S/C52H64BNO4/c1-9-13-15-36(11-3)34-55-44-26-19-38(20-27-44)41-23-30-49-47(31-41)48-33-42(39-21-28-45(29-22-39)56-35-37(12-4)16-14-10-2)32-46(50(48)54-49)40-17-24-43(25-18-40)53-57-51(5,6)52(7,8)58-53/h17-33,36-37,54H,9-16,34-35H2,1-8H3. The molecule has 304 valence electrons. The van der Waals surface area contributed by atoms with E-state index in [1.165, 1.54) is 60.4 Å². The van der Waals surface area contributed by atoms with Crippen molar-refractivity contribution in [2.45, 2.75) is 118 Å². The molecule has 1 aliphatic heterocycles. The molecule has 2 heterocycles. The third-order valence-electron chi connectivity index (χ3n) is 12.9. The molecule has 6 aromatic rings. The molecule has 0 radical (unpaired) electrons. The molecule has 1 saturated heterocycles. The number of H-pyrrole nitrogens is 1. The first-order valence-electron chi connectivity index (χ1n) is 22.0. The predicted octanol–water partition coefficient (Wildman–Crippen LogP) is 13.8. The highest BCUT2D eigenvalue weighted by Gasteiger charge is 2.51. The number of rotatable bonds is 18. The van der Waals surface area contributed by atoms with Gasteiger partial charge in [0.2, 0.25) is 0 Å². The minimum absolute atomic E-state index is 0.393. The topological polar surface area (TPSA) is 52.7 Å². The van der Waals surface area contributed by atoms with Gasteiger partial charge in [-0.25, -0.2) is 0 Å². The van der Waals surface area contributed by atoms with Gasteiger partial charge in [-0.3, -0.25) is 0 Å². The van der Waals surface area contributed by atoms with Gasteiger partial charge in [-0.1, -0.05) is 121 Å². The molecule has 0 amide bonds. The SMILES string of the molecule is CCCCC(CC)COc1ccc(-c2ccc3[nH]c4c(-c5ccc(B6OC(C)(C)C(C)(C)O6)cc5)cc(-c5ccc(OCC(CC)CCCC)cc5)cc4c3c2)cc1. The van der Waals surface area contributed by atoms with E-state index in [1.807, 2.05) is 0 Å². The first-order valence-corrected chi connectivity index (χ1v) is 22.0. The molecule has 58 heavy (non-hydrogen) atoms. The largest absolute Gasteiger partial charge is 0.494 e. The lowest BCUT2D eigenvalue weighted by molar-refractivity contribution is 0.00578. The van der Waals surface area contributed by atoms with Gasteiger partial charge in [0.25, 0.3) is 0 Å². The van der Waals surface area contributed by atoms with Crippen LogP contribution < -0.4 is 14.9 Å². The van der Waals surface area contributed by atoms with E-state index in [9.17, 15) is 0 Å². The number of hydrogen-bond acceptors (Lipinski definition) is 4. The molecule has 5 aromatic carbocycles. The quantitative estimate of drug-likeness (QED) is 0.0883. The summed E-state index contributed by atoms with van der Waals surface area (Å²) in [7, 11) is -0.406. The van der Waals surface area contributed by atoms with E-state index in [-0.39, 0.29) is 0 Å². The number of unbranched alkanes of at least 4 members (excludes halogenated alkanes) is 2. The average molecular weight is 778 g/mol. The van der Waals surface area contributed by atoms with Crippen LogP contribution in [0.4, 0.5) is 0 Å². The second kappa shape index (κ2) is 18.2. The van der Waals surface area contributed by atoms with Crippen LogP contribution in [0.15, 0.2) is 103 Å². The number of ether oxygens (including phenoxy) is 2. The zero-order valence-corrected chi connectivity index (χ0v) is 36.3. The van der Waals surface area contributed by atoms with Crippen LogP contribution in [0.5, 0.6) is 11.5 Å².